The molecular formula is C15H16FN3. The minimum absolute atomic E-state index is 0.192. The van der Waals surface area contributed by atoms with Crippen molar-refractivity contribution in [1.29, 1.82) is 0 Å². The number of nitrogens with zero attached hydrogens (tertiary/aromatic N) is 2. The Hall–Kier alpha value is -1.81. The Balaban J connectivity index is 1.96. The van der Waals surface area contributed by atoms with E-state index in [1.54, 1.807) is 12.1 Å². The molecular weight excluding hydrogens is 241 g/mol. The van der Waals surface area contributed by atoms with Crippen LogP contribution in [0.1, 0.15) is 35.3 Å². The second-order valence-electron chi connectivity index (χ2n) is 4.74. The zero-order valence-corrected chi connectivity index (χ0v) is 10.9. The molecule has 0 saturated carbocycles. The van der Waals surface area contributed by atoms with E-state index in [1.165, 1.54) is 11.6 Å². The highest BCUT2D eigenvalue weighted by molar-refractivity contribution is 5.31. The lowest BCUT2D eigenvalue weighted by molar-refractivity contribution is 0.611. The van der Waals surface area contributed by atoms with E-state index in [2.05, 4.69) is 22.2 Å². The molecule has 2 aromatic rings. The average molecular weight is 257 g/mol. The van der Waals surface area contributed by atoms with Gasteiger partial charge in [-0.05, 0) is 18.1 Å². The monoisotopic (exact) mass is 257 g/mol. The molecule has 0 amide bonds. The third kappa shape index (κ3) is 2.36. The van der Waals surface area contributed by atoms with Gasteiger partial charge in [0.2, 0.25) is 0 Å². The fourth-order valence-corrected chi connectivity index (χ4v) is 2.48. The Morgan fingerprint density at radius 3 is 2.84 bits per heavy atom. The van der Waals surface area contributed by atoms with Gasteiger partial charge in [-0.1, -0.05) is 25.1 Å². The molecule has 0 atom stereocenters. The van der Waals surface area contributed by atoms with Crippen LogP contribution in [0.25, 0.3) is 0 Å². The highest BCUT2D eigenvalue weighted by atomic mass is 19.1. The first-order valence-electron chi connectivity index (χ1n) is 6.59. The van der Waals surface area contributed by atoms with Gasteiger partial charge in [0.05, 0.1) is 5.69 Å². The molecule has 4 heteroatoms. The number of fused-ring (bicyclic) bond motifs is 1. The van der Waals surface area contributed by atoms with Crippen molar-refractivity contribution in [2.24, 2.45) is 0 Å². The van der Waals surface area contributed by atoms with E-state index in [4.69, 9.17) is 0 Å². The first kappa shape index (κ1) is 12.2. The van der Waals surface area contributed by atoms with Crippen molar-refractivity contribution in [2.75, 3.05) is 0 Å². The van der Waals surface area contributed by atoms with Gasteiger partial charge in [0.1, 0.15) is 11.6 Å². The predicted octanol–water partition coefficient (Wildman–Crippen LogP) is 2.37. The molecule has 0 fully saturated rings. The number of rotatable bonds is 3. The van der Waals surface area contributed by atoms with Crippen LogP contribution in [0.15, 0.2) is 24.3 Å². The van der Waals surface area contributed by atoms with E-state index in [9.17, 15) is 4.39 Å². The number of aromatic nitrogens is 2. The van der Waals surface area contributed by atoms with Crippen LogP contribution in [0.3, 0.4) is 0 Å². The van der Waals surface area contributed by atoms with Crippen molar-refractivity contribution in [3.05, 3.63) is 58.4 Å². The molecule has 1 N–H and O–H groups in total. The lowest BCUT2D eigenvalue weighted by atomic mass is 10.1. The molecule has 1 aliphatic rings. The highest BCUT2D eigenvalue weighted by Crippen LogP contribution is 2.19. The van der Waals surface area contributed by atoms with Gasteiger partial charge in [-0.2, -0.15) is 0 Å². The number of hydrogen-bond donors (Lipinski definition) is 1. The summed E-state index contributed by atoms with van der Waals surface area (Å²) in [5.74, 6) is 0.521. The van der Waals surface area contributed by atoms with Crippen LogP contribution in [0.4, 0.5) is 4.39 Å². The average Bonchev–Trinajstić information content (AvgIpc) is 2.89. The standard InChI is InChI=1S/C15H16FN3/c1-2-13-11-8-17-9-14(11)19-15(18-13)7-10-5-3-4-6-12(10)16/h3-6,17H,2,7-9H2,1H3. The van der Waals surface area contributed by atoms with Crippen LogP contribution in [0.2, 0.25) is 0 Å². The summed E-state index contributed by atoms with van der Waals surface area (Å²) in [6.45, 7) is 3.72. The Bertz CT molecular complexity index is 610. The Morgan fingerprint density at radius 2 is 2.05 bits per heavy atom. The lowest BCUT2D eigenvalue weighted by Crippen LogP contribution is -2.06. The summed E-state index contributed by atoms with van der Waals surface area (Å²) in [4.78, 5) is 9.14. The molecule has 3 nitrogen and oxygen atoms in total. The largest absolute Gasteiger partial charge is 0.307 e. The van der Waals surface area contributed by atoms with E-state index in [0.717, 1.165) is 30.9 Å². The fraction of sp³-hybridized carbons (Fsp3) is 0.333. The van der Waals surface area contributed by atoms with Gasteiger partial charge >= 0.3 is 0 Å². The van der Waals surface area contributed by atoms with Gasteiger partial charge in [0, 0.05) is 30.8 Å². The molecule has 0 spiro atoms. The molecule has 98 valence electrons. The Kier molecular flexibility index (Phi) is 3.25. The third-order valence-corrected chi connectivity index (χ3v) is 3.46. The van der Waals surface area contributed by atoms with E-state index >= 15 is 0 Å². The third-order valence-electron chi connectivity index (χ3n) is 3.46. The fourth-order valence-electron chi connectivity index (χ4n) is 2.48. The molecule has 2 heterocycles. The quantitative estimate of drug-likeness (QED) is 0.917. The Labute approximate surface area is 111 Å². The molecule has 1 aromatic carbocycles. The number of benzene rings is 1. The Morgan fingerprint density at radius 1 is 1.21 bits per heavy atom. The second-order valence-corrected chi connectivity index (χ2v) is 4.74. The summed E-state index contributed by atoms with van der Waals surface area (Å²) < 4.78 is 13.7. The molecule has 1 aromatic heterocycles. The van der Waals surface area contributed by atoms with Crippen LogP contribution >= 0.6 is 0 Å². The normalized spacial score (nSPS) is 13.6. The summed E-state index contributed by atoms with van der Waals surface area (Å²) >= 11 is 0. The highest BCUT2D eigenvalue weighted by Gasteiger charge is 2.18. The van der Waals surface area contributed by atoms with Gasteiger partial charge < -0.3 is 5.32 Å². The smallest absolute Gasteiger partial charge is 0.133 e. The molecule has 0 unspecified atom stereocenters. The van der Waals surface area contributed by atoms with Gasteiger partial charge in [0.25, 0.3) is 0 Å². The van der Waals surface area contributed by atoms with Crippen molar-refractivity contribution in [2.45, 2.75) is 32.9 Å². The van der Waals surface area contributed by atoms with Gasteiger partial charge in [-0.3, -0.25) is 0 Å². The molecule has 19 heavy (non-hydrogen) atoms. The van der Waals surface area contributed by atoms with E-state index in [0.29, 0.717) is 17.8 Å². The van der Waals surface area contributed by atoms with Crippen LogP contribution in [0.5, 0.6) is 0 Å². The maximum absolute atomic E-state index is 13.7. The zero-order chi connectivity index (χ0) is 13.2. The maximum atomic E-state index is 13.7. The van der Waals surface area contributed by atoms with Crippen molar-refractivity contribution < 1.29 is 4.39 Å². The molecule has 0 radical (unpaired) electrons. The number of hydrogen-bond acceptors (Lipinski definition) is 3. The van der Waals surface area contributed by atoms with Gasteiger partial charge in [-0.25, -0.2) is 14.4 Å². The summed E-state index contributed by atoms with van der Waals surface area (Å²) in [5, 5.41) is 3.29. The molecule has 0 aliphatic carbocycles. The summed E-state index contributed by atoms with van der Waals surface area (Å²) in [7, 11) is 0. The molecule has 1 aliphatic heterocycles. The number of nitrogens with one attached hydrogen (secondary N) is 1. The summed E-state index contributed by atoms with van der Waals surface area (Å²) in [5.41, 5.74) is 4.02. The van der Waals surface area contributed by atoms with Gasteiger partial charge in [0.15, 0.2) is 0 Å². The molecule has 3 rings (SSSR count). The number of halogens is 1. The minimum atomic E-state index is -0.192. The minimum Gasteiger partial charge on any atom is -0.307 e. The van der Waals surface area contributed by atoms with Crippen molar-refractivity contribution in [1.82, 2.24) is 15.3 Å². The lowest BCUT2D eigenvalue weighted by Gasteiger charge is -2.08. The SMILES string of the molecule is CCc1nc(Cc2ccccc2F)nc2c1CNC2. The predicted molar refractivity (Wildman–Crippen MR) is 71.2 cm³/mol. The van der Waals surface area contributed by atoms with E-state index in [1.807, 2.05) is 6.07 Å². The second kappa shape index (κ2) is 5.05. The summed E-state index contributed by atoms with van der Waals surface area (Å²) in [6, 6.07) is 6.80. The first-order chi connectivity index (χ1) is 9.28. The van der Waals surface area contributed by atoms with Crippen molar-refractivity contribution in [3.63, 3.8) is 0 Å². The summed E-state index contributed by atoms with van der Waals surface area (Å²) in [6.07, 6.45) is 1.34. The maximum Gasteiger partial charge on any atom is 0.133 e. The zero-order valence-electron chi connectivity index (χ0n) is 10.9. The molecule has 0 saturated heterocycles. The van der Waals surface area contributed by atoms with Crippen LogP contribution in [0, 0.1) is 5.82 Å². The van der Waals surface area contributed by atoms with Gasteiger partial charge in [-0.15, -0.1) is 0 Å². The first-order valence-corrected chi connectivity index (χ1v) is 6.59. The topological polar surface area (TPSA) is 37.8 Å². The molecule has 0 bridgehead atoms. The van der Waals surface area contributed by atoms with Crippen molar-refractivity contribution in [3.8, 4) is 0 Å². The van der Waals surface area contributed by atoms with E-state index < -0.39 is 0 Å². The van der Waals surface area contributed by atoms with E-state index in [-0.39, 0.29) is 5.82 Å². The van der Waals surface area contributed by atoms with Crippen LogP contribution < -0.4 is 5.32 Å². The van der Waals surface area contributed by atoms with Crippen LogP contribution in [-0.2, 0) is 25.9 Å². The number of aryl methyl sites for hydroxylation is 1. The van der Waals surface area contributed by atoms with Crippen LogP contribution in [-0.4, -0.2) is 9.97 Å². The van der Waals surface area contributed by atoms with Crippen molar-refractivity contribution >= 4 is 0 Å².